The molecule has 1 aliphatic heterocycles. The highest BCUT2D eigenvalue weighted by Gasteiger charge is 2.23. The van der Waals surface area contributed by atoms with E-state index in [2.05, 4.69) is 34.2 Å². The van der Waals surface area contributed by atoms with Gasteiger partial charge in [-0.25, -0.2) is 9.18 Å². The van der Waals surface area contributed by atoms with Crippen molar-refractivity contribution in [1.29, 1.82) is 0 Å². The first-order chi connectivity index (χ1) is 13.5. The number of amides is 2. The summed E-state index contributed by atoms with van der Waals surface area (Å²) in [6.07, 6.45) is 3.44. The molecule has 1 aromatic carbocycles. The topological polar surface area (TPSA) is 51.7 Å². The fraction of sp³-hybridized carbons (Fsp3) is 0.429. The van der Waals surface area contributed by atoms with Gasteiger partial charge in [0.25, 0.3) is 0 Å². The Bertz CT molecular complexity index is 755. The second kappa shape index (κ2) is 9.61. The van der Waals surface area contributed by atoms with Crippen molar-refractivity contribution in [2.45, 2.75) is 19.1 Å². The van der Waals surface area contributed by atoms with Crippen molar-refractivity contribution in [3.8, 4) is 0 Å². The number of likely N-dealkylation sites (N-methyl/N-ethyl adjacent to an activating group) is 2. The van der Waals surface area contributed by atoms with Crippen LogP contribution in [0, 0.1) is 5.82 Å². The lowest BCUT2D eigenvalue weighted by atomic mass is 10.2. The summed E-state index contributed by atoms with van der Waals surface area (Å²) in [5.41, 5.74) is 1.89. The molecule has 1 fully saturated rings. The number of aromatic nitrogens is 1. The van der Waals surface area contributed by atoms with Gasteiger partial charge in [-0.2, -0.15) is 0 Å². The van der Waals surface area contributed by atoms with Gasteiger partial charge in [0.05, 0.1) is 0 Å². The maximum Gasteiger partial charge on any atom is 0.318 e. The van der Waals surface area contributed by atoms with Crippen LogP contribution in [0.5, 0.6) is 0 Å². The molecule has 0 saturated carbocycles. The summed E-state index contributed by atoms with van der Waals surface area (Å²) in [4.78, 5) is 23.3. The lowest BCUT2D eigenvalue weighted by Crippen LogP contribution is -2.55. The fourth-order valence-corrected chi connectivity index (χ4v) is 3.36. The molecule has 1 aromatic heterocycles. The second-order valence-electron chi connectivity index (χ2n) is 7.42. The SMILES string of the molecule is CN1CCN(C)[C@@H](CNC(=O)N(Cc2ccncc2)Cc2ccc(F)cc2)C1. The predicted molar refractivity (Wildman–Crippen MR) is 107 cm³/mol. The molecule has 2 heterocycles. The normalized spacial score (nSPS) is 18.0. The smallest absolute Gasteiger partial charge is 0.318 e. The number of carbonyl (C=O) groups is 1. The number of urea groups is 1. The van der Waals surface area contributed by atoms with Crippen LogP contribution in [0.3, 0.4) is 0 Å². The maximum atomic E-state index is 13.2. The molecule has 1 N–H and O–H groups in total. The standard InChI is InChI=1S/C21H28FN5O/c1-25-11-12-26(2)20(16-25)13-24-21(28)27(15-18-7-9-23-10-8-18)14-17-3-5-19(22)6-4-17/h3-10,20H,11-16H2,1-2H3,(H,24,28)/t20-/m0/s1. The first-order valence-electron chi connectivity index (χ1n) is 9.56. The molecule has 150 valence electrons. The number of nitrogens with zero attached hydrogens (tertiary/aromatic N) is 4. The molecule has 0 spiro atoms. The van der Waals surface area contributed by atoms with Crippen LogP contribution in [0.1, 0.15) is 11.1 Å². The number of halogens is 1. The van der Waals surface area contributed by atoms with Crippen LogP contribution < -0.4 is 5.32 Å². The molecule has 0 unspecified atom stereocenters. The highest BCUT2D eigenvalue weighted by Crippen LogP contribution is 2.12. The molecule has 0 aliphatic carbocycles. The summed E-state index contributed by atoms with van der Waals surface area (Å²) in [6.45, 7) is 4.43. The molecular weight excluding hydrogens is 357 g/mol. The number of piperazine rings is 1. The zero-order valence-corrected chi connectivity index (χ0v) is 16.5. The van der Waals surface area contributed by atoms with E-state index in [0.717, 1.165) is 30.8 Å². The van der Waals surface area contributed by atoms with E-state index < -0.39 is 0 Å². The Morgan fingerprint density at radius 1 is 1.11 bits per heavy atom. The molecular formula is C21H28FN5O. The van der Waals surface area contributed by atoms with E-state index in [0.29, 0.717) is 19.6 Å². The Kier molecular flexibility index (Phi) is 6.95. The van der Waals surface area contributed by atoms with Crippen LogP contribution in [0.2, 0.25) is 0 Å². The monoisotopic (exact) mass is 385 g/mol. The van der Waals surface area contributed by atoms with Gasteiger partial charge >= 0.3 is 6.03 Å². The average Bonchev–Trinajstić information content (AvgIpc) is 2.70. The fourth-order valence-electron chi connectivity index (χ4n) is 3.36. The molecule has 1 saturated heterocycles. The number of nitrogens with one attached hydrogen (secondary N) is 1. The number of pyridine rings is 1. The number of benzene rings is 1. The third-order valence-electron chi connectivity index (χ3n) is 5.17. The number of carbonyl (C=O) groups excluding carboxylic acids is 1. The third kappa shape index (κ3) is 5.74. The molecule has 0 bridgehead atoms. The highest BCUT2D eigenvalue weighted by atomic mass is 19.1. The van der Waals surface area contributed by atoms with Crippen LogP contribution in [0.25, 0.3) is 0 Å². The third-order valence-corrected chi connectivity index (χ3v) is 5.17. The van der Waals surface area contributed by atoms with Crippen LogP contribution >= 0.6 is 0 Å². The Morgan fingerprint density at radius 2 is 1.75 bits per heavy atom. The van der Waals surface area contributed by atoms with Crippen LogP contribution in [-0.2, 0) is 13.1 Å². The van der Waals surface area contributed by atoms with E-state index in [1.807, 2.05) is 12.1 Å². The minimum atomic E-state index is -0.279. The lowest BCUT2D eigenvalue weighted by Gasteiger charge is -2.38. The summed E-state index contributed by atoms with van der Waals surface area (Å²) in [5.74, 6) is -0.279. The summed E-state index contributed by atoms with van der Waals surface area (Å²) in [7, 11) is 4.20. The zero-order valence-electron chi connectivity index (χ0n) is 16.5. The van der Waals surface area contributed by atoms with Gasteiger partial charge in [0.1, 0.15) is 5.82 Å². The molecule has 6 nitrogen and oxygen atoms in total. The van der Waals surface area contributed by atoms with Gasteiger partial charge in [-0.1, -0.05) is 12.1 Å². The van der Waals surface area contributed by atoms with E-state index in [9.17, 15) is 9.18 Å². The molecule has 28 heavy (non-hydrogen) atoms. The second-order valence-corrected chi connectivity index (χ2v) is 7.42. The quantitative estimate of drug-likeness (QED) is 0.828. The predicted octanol–water partition coefficient (Wildman–Crippen LogP) is 2.18. The van der Waals surface area contributed by atoms with Crippen LogP contribution in [0.4, 0.5) is 9.18 Å². The Morgan fingerprint density at radius 3 is 2.43 bits per heavy atom. The number of hydrogen-bond acceptors (Lipinski definition) is 4. The van der Waals surface area contributed by atoms with Crippen molar-refractivity contribution in [2.75, 3.05) is 40.3 Å². The van der Waals surface area contributed by atoms with Gasteiger partial charge in [0.15, 0.2) is 0 Å². The van der Waals surface area contributed by atoms with Crippen molar-refractivity contribution in [3.63, 3.8) is 0 Å². The summed E-state index contributed by atoms with van der Waals surface area (Å²) < 4.78 is 13.2. The Labute approximate surface area is 166 Å². The average molecular weight is 385 g/mol. The summed E-state index contributed by atoms with van der Waals surface area (Å²) in [6, 6.07) is 10.2. The van der Waals surface area contributed by atoms with Gasteiger partial charge in [-0.3, -0.25) is 9.88 Å². The molecule has 0 radical (unpaired) electrons. The van der Waals surface area contributed by atoms with E-state index in [1.54, 1.807) is 29.4 Å². The van der Waals surface area contributed by atoms with Gasteiger partial charge < -0.3 is 15.1 Å². The summed E-state index contributed by atoms with van der Waals surface area (Å²) in [5, 5.41) is 3.08. The van der Waals surface area contributed by atoms with E-state index in [1.165, 1.54) is 12.1 Å². The number of hydrogen-bond donors (Lipinski definition) is 1. The molecule has 2 amide bonds. The minimum Gasteiger partial charge on any atom is -0.336 e. The van der Waals surface area contributed by atoms with E-state index in [4.69, 9.17) is 0 Å². The molecule has 2 aromatic rings. The van der Waals surface area contributed by atoms with Crippen LogP contribution in [-0.4, -0.2) is 72.0 Å². The van der Waals surface area contributed by atoms with Crippen molar-refractivity contribution in [3.05, 3.63) is 65.7 Å². The van der Waals surface area contributed by atoms with Crippen molar-refractivity contribution < 1.29 is 9.18 Å². The summed E-state index contributed by atoms with van der Waals surface area (Å²) >= 11 is 0. The highest BCUT2D eigenvalue weighted by molar-refractivity contribution is 5.74. The van der Waals surface area contributed by atoms with E-state index in [-0.39, 0.29) is 17.9 Å². The first-order valence-corrected chi connectivity index (χ1v) is 9.56. The van der Waals surface area contributed by atoms with Gasteiger partial charge in [0.2, 0.25) is 0 Å². The molecule has 1 aliphatic rings. The largest absolute Gasteiger partial charge is 0.336 e. The number of rotatable bonds is 6. The Balaban J connectivity index is 1.66. The molecule has 1 atom stereocenters. The first kappa shape index (κ1) is 20.2. The van der Waals surface area contributed by atoms with Crippen molar-refractivity contribution in [1.82, 2.24) is 25.0 Å². The van der Waals surface area contributed by atoms with Crippen molar-refractivity contribution >= 4 is 6.03 Å². The molecule has 7 heteroatoms. The van der Waals surface area contributed by atoms with Gasteiger partial charge in [-0.05, 0) is 49.5 Å². The van der Waals surface area contributed by atoms with Gasteiger partial charge in [0, 0.05) is 57.7 Å². The Hall–Kier alpha value is -2.51. The van der Waals surface area contributed by atoms with Gasteiger partial charge in [-0.15, -0.1) is 0 Å². The molecule has 3 rings (SSSR count). The van der Waals surface area contributed by atoms with Crippen molar-refractivity contribution in [2.24, 2.45) is 0 Å². The zero-order chi connectivity index (χ0) is 19.9. The lowest BCUT2D eigenvalue weighted by molar-refractivity contribution is 0.112. The van der Waals surface area contributed by atoms with Crippen LogP contribution in [0.15, 0.2) is 48.8 Å². The van der Waals surface area contributed by atoms with E-state index >= 15 is 0 Å². The minimum absolute atomic E-state index is 0.122. The maximum absolute atomic E-state index is 13.2.